The number of nitrogens with zero attached hydrogens (tertiary/aromatic N) is 2. The van der Waals surface area contributed by atoms with Gasteiger partial charge >= 0.3 is 6.03 Å². The molecule has 37 heavy (non-hydrogen) atoms. The number of nitrogens with one attached hydrogen (secondary N) is 3. The van der Waals surface area contributed by atoms with Gasteiger partial charge in [-0.15, -0.1) is 11.3 Å². The fourth-order valence-electron chi connectivity index (χ4n) is 4.09. The molecule has 1 saturated heterocycles. The van der Waals surface area contributed by atoms with Crippen LogP contribution in [0.1, 0.15) is 46.9 Å². The number of amides is 5. The highest BCUT2D eigenvalue weighted by atomic mass is 32.1. The van der Waals surface area contributed by atoms with Crippen molar-refractivity contribution in [1.29, 1.82) is 0 Å². The van der Waals surface area contributed by atoms with Crippen molar-refractivity contribution < 1.29 is 28.0 Å². The maximum atomic E-state index is 14.2. The Balaban J connectivity index is 1.36. The van der Waals surface area contributed by atoms with E-state index in [1.54, 1.807) is 18.2 Å². The Kier molecular flexibility index (Phi) is 7.58. The smallest absolute Gasteiger partial charge is 0.321 e. The molecule has 0 saturated carbocycles. The number of carbonyl (C=O) groups excluding carboxylic acids is 4. The molecule has 0 radical (unpaired) electrons. The molecule has 2 aromatic rings. The number of benzene rings is 1. The molecular weight excluding hydrogens is 504 g/mol. The summed E-state index contributed by atoms with van der Waals surface area (Å²) in [5.41, 5.74) is 2.14. The molecule has 3 heterocycles. The third-order valence-electron chi connectivity index (χ3n) is 5.83. The van der Waals surface area contributed by atoms with Gasteiger partial charge in [-0.25, -0.2) is 18.6 Å². The average Bonchev–Trinajstić information content (AvgIpc) is 3.42. The number of hydrogen-bond acceptors (Lipinski definition) is 6. The number of halogens is 2. The predicted octanol–water partition coefficient (Wildman–Crippen LogP) is 3.97. The van der Waals surface area contributed by atoms with Gasteiger partial charge in [-0.3, -0.25) is 25.0 Å². The minimum Gasteiger partial charge on any atom is -0.334 e. The topological polar surface area (TPSA) is 120 Å². The number of thiazole rings is 1. The Morgan fingerprint density at radius 3 is 2.81 bits per heavy atom. The number of urea groups is 1. The van der Waals surface area contributed by atoms with Gasteiger partial charge < -0.3 is 10.2 Å². The predicted molar refractivity (Wildman–Crippen MR) is 134 cm³/mol. The second-order valence-electron chi connectivity index (χ2n) is 8.43. The van der Waals surface area contributed by atoms with Crippen LogP contribution < -0.4 is 16.0 Å². The number of carbonyl (C=O) groups is 4. The van der Waals surface area contributed by atoms with E-state index < -0.39 is 29.6 Å². The summed E-state index contributed by atoms with van der Waals surface area (Å²) >= 11 is 1.07. The van der Waals surface area contributed by atoms with Crippen LogP contribution in [0.25, 0.3) is 5.57 Å². The quantitative estimate of drug-likeness (QED) is 0.372. The fraction of sp³-hybridized carbons (Fsp3) is 0.240. The normalized spacial score (nSPS) is 18.2. The van der Waals surface area contributed by atoms with Gasteiger partial charge in [-0.1, -0.05) is 24.8 Å². The molecule has 9 nitrogen and oxygen atoms in total. The molecule has 0 aliphatic carbocycles. The van der Waals surface area contributed by atoms with Gasteiger partial charge in [0.25, 0.3) is 5.91 Å². The first kappa shape index (κ1) is 25.9. The number of allylic oxidation sites excluding steroid dienone is 5. The molecule has 1 atom stereocenters. The zero-order valence-corrected chi connectivity index (χ0v) is 20.6. The summed E-state index contributed by atoms with van der Waals surface area (Å²) in [5.74, 6) is -2.64. The van der Waals surface area contributed by atoms with Crippen molar-refractivity contribution in [3.63, 3.8) is 0 Å². The van der Waals surface area contributed by atoms with Crippen LogP contribution in [0.2, 0.25) is 0 Å². The molecule has 1 fully saturated rings. The second kappa shape index (κ2) is 10.8. The summed E-state index contributed by atoms with van der Waals surface area (Å²) in [6.45, 7) is 5.02. The lowest BCUT2D eigenvalue weighted by Gasteiger charge is -2.29. The summed E-state index contributed by atoms with van der Waals surface area (Å²) in [6.07, 6.45) is 2.40. The zero-order valence-electron chi connectivity index (χ0n) is 19.8. The van der Waals surface area contributed by atoms with Crippen molar-refractivity contribution in [3.8, 4) is 0 Å². The van der Waals surface area contributed by atoms with Crippen molar-refractivity contribution in [2.45, 2.75) is 38.9 Å². The number of piperidine rings is 1. The summed E-state index contributed by atoms with van der Waals surface area (Å²) in [6, 6.07) is 3.89. The monoisotopic (exact) mass is 527 g/mol. The molecule has 4 rings (SSSR count). The van der Waals surface area contributed by atoms with Crippen molar-refractivity contribution in [3.05, 3.63) is 76.3 Å². The Labute approximate surface area is 214 Å². The van der Waals surface area contributed by atoms with Crippen LogP contribution in [0.3, 0.4) is 0 Å². The molecule has 5 amide bonds. The van der Waals surface area contributed by atoms with Gasteiger partial charge in [-0.05, 0) is 30.5 Å². The van der Waals surface area contributed by atoms with Gasteiger partial charge in [0.05, 0.1) is 11.5 Å². The standard InChI is InChI=1S/C25H23F2N5O4S/c1-3-16(18(27)8-13(2)26)19-12-37-25(29-19)31-24(36)28-10-14-4-5-17-15(9-14)11-32(23(17)35)20-6-7-21(33)30-22(20)34/h3-5,8-9,12,20H,1,6-7,10-11H2,2H3,(H,30,33,34)(H2,28,29,31,36)/b13-8+,18-16-. The lowest BCUT2D eigenvalue weighted by atomic mass is 10.0. The third-order valence-corrected chi connectivity index (χ3v) is 6.59. The van der Waals surface area contributed by atoms with E-state index in [1.807, 2.05) is 0 Å². The maximum Gasteiger partial charge on any atom is 0.321 e. The molecule has 0 spiro atoms. The second-order valence-corrected chi connectivity index (χ2v) is 9.29. The molecule has 1 aromatic carbocycles. The summed E-state index contributed by atoms with van der Waals surface area (Å²) in [7, 11) is 0. The highest BCUT2D eigenvalue weighted by Gasteiger charge is 2.39. The lowest BCUT2D eigenvalue weighted by Crippen LogP contribution is -2.52. The largest absolute Gasteiger partial charge is 0.334 e. The molecule has 192 valence electrons. The molecule has 1 unspecified atom stereocenters. The van der Waals surface area contributed by atoms with Gasteiger partial charge in [0.2, 0.25) is 11.8 Å². The fourth-order valence-corrected chi connectivity index (χ4v) is 4.80. The molecule has 0 bridgehead atoms. The SMILES string of the molecule is C=C/C(=C(F)\C=C(/C)F)c1csc(NC(=O)NCc2ccc3c(c2)CN(C2CCC(=O)NC2=O)C3=O)n1. The number of rotatable bonds is 7. The van der Waals surface area contributed by atoms with Gasteiger partial charge in [0.15, 0.2) is 5.13 Å². The molecule has 3 N–H and O–H groups in total. The number of aromatic nitrogens is 1. The van der Waals surface area contributed by atoms with Crippen LogP contribution in [-0.2, 0) is 22.7 Å². The van der Waals surface area contributed by atoms with Gasteiger partial charge in [-0.2, -0.15) is 0 Å². The van der Waals surface area contributed by atoms with E-state index in [-0.39, 0.29) is 54.1 Å². The number of imide groups is 1. The van der Waals surface area contributed by atoms with Crippen LogP contribution in [0.15, 0.2) is 54.0 Å². The van der Waals surface area contributed by atoms with Gasteiger partial charge in [0.1, 0.15) is 11.9 Å². The van der Waals surface area contributed by atoms with E-state index in [9.17, 15) is 28.0 Å². The van der Waals surface area contributed by atoms with E-state index in [1.165, 1.54) is 16.4 Å². The molecular formula is C25H23F2N5O4S. The van der Waals surface area contributed by atoms with E-state index in [4.69, 9.17) is 0 Å². The maximum absolute atomic E-state index is 14.2. The molecule has 2 aliphatic rings. The third kappa shape index (κ3) is 5.80. The Bertz CT molecular complexity index is 1360. The Morgan fingerprint density at radius 1 is 1.32 bits per heavy atom. The van der Waals surface area contributed by atoms with Crippen molar-refractivity contribution in [1.82, 2.24) is 20.5 Å². The van der Waals surface area contributed by atoms with E-state index in [0.29, 0.717) is 5.56 Å². The molecule has 1 aromatic heterocycles. The lowest BCUT2D eigenvalue weighted by molar-refractivity contribution is -0.136. The molecule has 12 heteroatoms. The van der Waals surface area contributed by atoms with Crippen LogP contribution in [0.5, 0.6) is 0 Å². The van der Waals surface area contributed by atoms with Crippen LogP contribution in [-0.4, -0.2) is 39.7 Å². The van der Waals surface area contributed by atoms with E-state index in [2.05, 4.69) is 27.5 Å². The number of hydrogen-bond donors (Lipinski definition) is 3. The Morgan fingerprint density at radius 2 is 2.11 bits per heavy atom. The highest BCUT2D eigenvalue weighted by Crippen LogP contribution is 2.29. The molecule has 2 aliphatic heterocycles. The van der Waals surface area contributed by atoms with Crippen molar-refractivity contribution >= 4 is 45.8 Å². The number of fused-ring (bicyclic) bond motifs is 1. The van der Waals surface area contributed by atoms with Gasteiger partial charge in [0, 0.05) is 42.1 Å². The first-order chi connectivity index (χ1) is 17.7. The van der Waals surface area contributed by atoms with Crippen molar-refractivity contribution in [2.24, 2.45) is 0 Å². The van der Waals surface area contributed by atoms with Crippen molar-refractivity contribution in [2.75, 3.05) is 5.32 Å². The minimum atomic E-state index is -0.831. The minimum absolute atomic E-state index is 0.000692. The summed E-state index contributed by atoms with van der Waals surface area (Å²) in [4.78, 5) is 54.4. The Hall–Kier alpha value is -4.19. The summed E-state index contributed by atoms with van der Waals surface area (Å²) < 4.78 is 27.2. The first-order valence-electron chi connectivity index (χ1n) is 11.3. The summed E-state index contributed by atoms with van der Waals surface area (Å²) in [5, 5.41) is 9.24. The van der Waals surface area contributed by atoms with Crippen LogP contribution in [0.4, 0.5) is 18.7 Å². The highest BCUT2D eigenvalue weighted by molar-refractivity contribution is 7.14. The first-order valence-corrected chi connectivity index (χ1v) is 12.2. The zero-order chi connectivity index (χ0) is 26.7. The van der Waals surface area contributed by atoms with Crippen LogP contribution in [0, 0.1) is 0 Å². The van der Waals surface area contributed by atoms with E-state index >= 15 is 0 Å². The van der Waals surface area contributed by atoms with Crippen LogP contribution >= 0.6 is 11.3 Å². The average molecular weight is 528 g/mol. The number of anilines is 1. The van der Waals surface area contributed by atoms with E-state index in [0.717, 1.165) is 35.5 Å².